The zero-order valence-electron chi connectivity index (χ0n) is 11.5. The molecule has 20 heavy (non-hydrogen) atoms. The van der Waals surface area contributed by atoms with Crippen LogP contribution in [-0.2, 0) is 0 Å². The van der Waals surface area contributed by atoms with E-state index in [2.05, 4.69) is 11.9 Å². The van der Waals surface area contributed by atoms with Crippen molar-refractivity contribution in [2.45, 2.75) is 13.0 Å². The molecule has 1 heterocycles. The van der Waals surface area contributed by atoms with Gasteiger partial charge in [-0.05, 0) is 30.7 Å². The average Bonchev–Trinajstić information content (AvgIpc) is 2.46. The normalized spacial score (nSPS) is 11.9. The van der Waals surface area contributed by atoms with Crippen LogP contribution in [0.2, 0.25) is 5.02 Å². The van der Waals surface area contributed by atoms with Crippen molar-refractivity contribution in [1.82, 2.24) is 4.98 Å². The van der Waals surface area contributed by atoms with Gasteiger partial charge in [0.05, 0.1) is 6.04 Å². The highest BCUT2D eigenvalue weighted by atomic mass is 35.5. The first-order chi connectivity index (χ1) is 9.50. The minimum absolute atomic E-state index is 0.0347. The Morgan fingerprint density at radius 1 is 1.35 bits per heavy atom. The summed E-state index contributed by atoms with van der Waals surface area (Å²) >= 11 is 6.23. The van der Waals surface area contributed by atoms with Crippen LogP contribution in [0.1, 0.15) is 24.1 Å². The summed E-state index contributed by atoms with van der Waals surface area (Å²) in [7, 11) is 1.94. The van der Waals surface area contributed by atoms with E-state index >= 15 is 0 Å². The largest absolute Gasteiger partial charge is 0.384 e. The van der Waals surface area contributed by atoms with Gasteiger partial charge in [-0.15, -0.1) is 0 Å². The molecule has 104 valence electrons. The standard InChI is InChI=1S/C15H17ClN4/c1-10(12-5-3-4-6-13(12)16)20(2)14-9-11(15(17)18)7-8-19-14/h3-10H,1-2H3,(H3,17,18). The molecule has 0 fully saturated rings. The predicted molar refractivity (Wildman–Crippen MR) is 83.5 cm³/mol. The zero-order chi connectivity index (χ0) is 14.7. The molecule has 0 saturated heterocycles. The third-order valence-corrected chi connectivity index (χ3v) is 3.70. The van der Waals surface area contributed by atoms with Crippen molar-refractivity contribution >= 4 is 23.3 Å². The molecule has 2 aromatic rings. The molecule has 0 radical (unpaired) electrons. The summed E-state index contributed by atoms with van der Waals surface area (Å²) in [5.74, 6) is 0.789. The van der Waals surface area contributed by atoms with Gasteiger partial charge in [0, 0.05) is 23.8 Å². The number of aromatic nitrogens is 1. The lowest BCUT2D eigenvalue weighted by Gasteiger charge is -2.27. The molecule has 0 spiro atoms. The maximum atomic E-state index is 7.49. The van der Waals surface area contributed by atoms with Crippen molar-refractivity contribution in [3.05, 3.63) is 58.7 Å². The summed E-state index contributed by atoms with van der Waals surface area (Å²) in [6.45, 7) is 2.06. The van der Waals surface area contributed by atoms with Crippen LogP contribution >= 0.6 is 11.6 Å². The van der Waals surface area contributed by atoms with Crippen LogP contribution in [0.4, 0.5) is 5.82 Å². The molecule has 4 nitrogen and oxygen atoms in total. The molecule has 3 N–H and O–H groups in total. The van der Waals surface area contributed by atoms with Crippen molar-refractivity contribution in [2.24, 2.45) is 5.73 Å². The second-order valence-corrected chi connectivity index (χ2v) is 5.03. The van der Waals surface area contributed by atoms with Crippen LogP contribution in [0.5, 0.6) is 0 Å². The lowest BCUT2D eigenvalue weighted by Crippen LogP contribution is -2.23. The molecule has 1 aromatic carbocycles. The Labute approximate surface area is 123 Å². The maximum absolute atomic E-state index is 7.49. The smallest absolute Gasteiger partial charge is 0.129 e. The summed E-state index contributed by atoms with van der Waals surface area (Å²) in [5.41, 5.74) is 7.20. The molecule has 1 aromatic heterocycles. The van der Waals surface area contributed by atoms with Crippen molar-refractivity contribution in [3.63, 3.8) is 0 Å². The molecule has 1 atom stereocenters. The Morgan fingerprint density at radius 3 is 2.70 bits per heavy atom. The number of benzene rings is 1. The van der Waals surface area contributed by atoms with Gasteiger partial charge in [0.1, 0.15) is 11.7 Å². The van der Waals surface area contributed by atoms with E-state index in [9.17, 15) is 0 Å². The molecule has 0 amide bonds. The summed E-state index contributed by atoms with van der Waals surface area (Å²) < 4.78 is 0. The molecule has 5 heteroatoms. The molecule has 0 saturated carbocycles. The number of rotatable bonds is 4. The number of nitrogen functional groups attached to an aromatic ring is 1. The molecule has 0 aliphatic heterocycles. The Kier molecular flexibility index (Phi) is 4.25. The highest BCUT2D eigenvalue weighted by molar-refractivity contribution is 6.31. The minimum atomic E-state index is 0.0347. The monoisotopic (exact) mass is 288 g/mol. The number of hydrogen-bond donors (Lipinski definition) is 2. The Balaban J connectivity index is 2.31. The molecule has 1 unspecified atom stereocenters. The first-order valence-electron chi connectivity index (χ1n) is 6.28. The number of anilines is 1. The molecular formula is C15H17ClN4. The van der Waals surface area contributed by atoms with E-state index in [0.29, 0.717) is 5.56 Å². The molecule has 0 aliphatic rings. The van der Waals surface area contributed by atoms with E-state index in [1.165, 1.54) is 0 Å². The van der Waals surface area contributed by atoms with Gasteiger partial charge in [0.2, 0.25) is 0 Å². The van der Waals surface area contributed by atoms with Gasteiger partial charge < -0.3 is 10.6 Å². The van der Waals surface area contributed by atoms with Crippen LogP contribution in [0.3, 0.4) is 0 Å². The topological polar surface area (TPSA) is 66.0 Å². The number of halogens is 1. The Bertz CT molecular complexity index is 627. The van der Waals surface area contributed by atoms with E-state index < -0.39 is 0 Å². The second-order valence-electron chi connectivity index (χ2n) is 4.62. The first-order valence-corrected chi connectivity index (χ1v) is 6.66. The molecule has 2 rings (SSSR count). The van der Waals surface area contributed by atoms with E-state index in [4.69, 9.17) is 22.7 Å². The summed E-state index contributed by atoms with van der Waals surface area (Å²) in [6, 6.07) is 11.3. The number of amidine groups is 1. The van der Waals surface area contributed by atoms with Crippen LogP contribution in [0, 0.1) is 5.41 Å². The number of hydrogen-bond acceptors (Lipinski definition) is 3. The summed E-state index contributed by atoms with van der Waals surface area (Å²) in [6.07, 6.45) is 1.65. The third kappa shape index (κ3) is 2.91. The summed E-state index contributed by atoms with van der Waals surface area (Å²) in [4.78, 5) is 6.34. The Morgan fingerprint density at radius 2 is 2.05 bits per heavy atom. The van der Waals surface area contributed by atoms with Crippen molar-refractivity contribution in [1.29, 1.82) is 5.41 Å². The fraction of sp³-hybridized carbons (Fsp3) is 0.200. The van der Waals surface area contributed by atoms with Gasteiger partial charge in [-0.2, -0.15) is 0 Å². The highest BCUT2D eigenvalue weighted by Gasteiger charge is 2.16. The lowest BCUT2D eigenvalue weighted by atomic mass is 10.1. The van der Waals surface area contributed by atoms with Crippen molar-refractivity contribution in [2.75, 3.05) is 11.9 Å². The highest BCUT2D eigenvalue weighted by Crippen LogP contribution is 2.29. The fourth-order valence-corrected chi connectivity index (χ4v) is 2.29. The van der Waals surface area contributed by atoms with Crippen molar-refractivity contribution < 1.29 is 0 Å². The predicted octanol–water partition coefficient (Wildman–Crippen LogP) is 3.22. The van der Waals surface area contributed by atoms with Gasteiger partial charge in [0.25, 0.3) is 0 Å². The van der Waals surface area contributed by atoms with Gasteiger partial charge >= 0.3 is 0 Å². The first kappa shape index (κ1) is 14.3. The SMILES string of the molecule is CC(c1ccccc1Cl)N(C)c1cc(C(=N)N)ccn1. The second kappa shape index (κ2) is 5.92. The summed E-state index contributed by atoms with van der Waals surface area (Å²) in [5, 5.41) is 8.22. The Hall–Kier alpha value is -2.07. The van der Waals surface area contributed by atoms with Gasteiger partial charge in [-0.25, -0.2) is 4.98 Å². The number of nitrogens with one attached hydrogen (secondary N) is 1. The third-order valence-electron chi connectivity index (χ3n) is 3.35. The average molecular weight is 289 g/mol. The van der Waals surface area contributed by atoms with Gasteiger partial charge in [0.15, 0.2) is 0 Å². The van der Waals surface area contributed by atoms with Crippen LogP contribution in [-0.4, -0.2) is 17.9 Å². The molecule has 0 bridgehead atoms. The van der Waals surface area contributed by atoms with Crippen LogP contribution < -0.4 is 10.6 Å². The quantitative estimate of drug-likeness (QED) is 0.670. The number of nitrogens with two attached hydrogens (primary N) is 1. The van der Waals surface area contributed by atoms with E-state index in [1.807, 2.05) is 36.2 Å². The van der Waals surface area contributed by atoms with E-state index in [0.717, 1.165) is 16.4 Å². The maximum Gasteiger partial charge on any atom is 0.129 e. The number of pyridine rings is 1. The fourth-order valence-electron chi connectivity index (χ4n) is 2.00. The van der Waals surface area contributed by atoms with Crippen LogP contribution in [0.25, 0.3) is 0 Å². The minimum Gasteiger partial charge on any atom is -0.384 e. The van der Waals surface area contributed by atoms with Gasteiger partial charge in [-0.3, -0.25) is 5.41 Å². The van der Waals surface area contributed by atoms with E-state index in [1.54, 1.807) is 18.3 Å². The number of nitrogens with zero attached hydrogens (tertiary/aromatic N) is 2. The van der Waals surface area contributed by atoms with Crippen molar-refractivity contribution in [3.8, 4) is 0 Å². The van der Waals surface area contributed by atoms with Crippen LogP contribution in [0.15, 0.2) is 42.6 Å². The van der Waals surface area contributed by atoms with Gasteiger partial charge in [-0.1, -0.05) is 29.8 Å². The molecule has 0 aliphatic carbocycles. The lowest BCUT2D eigenvalue weighted by molar-refractivity contribution is 0.729. The zero-order valence-corrected chi connectivity index (χ0v) is 12.2. The van der Waals surface area contributed by atoms with E-state index in [-0.39, 0.29) is 11.9 Å². The molecular weight excluding hydrogens is 272 g/mol.